The normalized spacial score (nSPS) is 14.7. The molecule has 0 rings (SSSR count). The molecule has 0 heterocycles. The summed E-state index contributed by atoms with van der Waals surface area (Å²) in [7, 11) is 0. The second kappa shape index (κ2) is 6.99. The number of hydrogen-bond donors (Lipinski definition) is 1. The topological polar surface area (TPSA) is 17.1 Å². The summed E-state index contributed by atoms with van der Waals surface area (Å²) in [6.45, 7) is 6.04. The lowest BCUT2D eigenvalue weighted by Gasteiger charge is -2.15. The zero-order valence-electron chi connectivity index (χ0n) is 7.52. The van der Waals surface area contributed by atoms with E-state index in [9.17, 15) is 4.57 Å². The van der Waals surface area contributed by atoms with E-state index >= 15 is 0 Å². The van der Waals surface area contributed by atoms with Crippen molar-refractivity contribution in [2.45, 2.75) is 25.4 Å². The summed E-state index contributed by atoms with van der Waals surface area (Å²) in [5.74, 6) is 1.83. The number of rotatable bonds is 6. The Morgan fingerprint density at radius 3 is 2.00 bits per heavy atom. The predicted octanol–water partition coefficient (Wildman–Crippen LogP) is 4.61. The van der Waals surface area contributed by atoms with E-state index in [2.05, 4.69) is 12.6 Å². The average Bonchev–Trinajstić information content (AvgIpc) is 1.85. The van der Waals surface area contributed by atoms with Crippen molar-refractivity contribution >= 4 is 51.5 Å². The third kappa shape index (κ3) is 6.14. The fourth-order valence-electron chi connectivity index (χ4n) is 0.601. The van der Waals surface area contributed by atoms with Crippen molar-refractivity contribution in [3.63, 3.8) is 0 Å². The van der Waals surface area contributed by atoms with Gasteiger partial charge < -0.3 is 0 Å². The van der Waals surface area contributed by atoms with Crippen LogP contribution in [0.25, 0.3) is 0 Å². The highest BCUT2D eigenvalue weighted by molar-refractivity contribution is 9.15. The Hall–Kier alpha value is 1.63. The molecule has 0 saturated carbocycles. The number of thiol groups is 1. The first-order valence-electron chi connectivity index (χ1n) is 3.79. The minimum atomic E-state index is -2.10. The molecule has 0 spiro atoms. The van der Waals surface area contributed by atoms with Crippen LogP contribution in [0.5, 0.6) is 0 Å². The fourth-order valence-corrected chi connectivity index (χ4v) is 15.6. The van der Waals surface area contributed by atoms with Crippen LogP contribution in [0.3, 0.4) is 0 Å². The van der Waals surface area contributed by atoms with Crippen molar-refractivity contribution in [1.82, 2.24) is 0 Å². The van der Waals surface area contributed by atoms with E-state index in [0.29, 0.717) is 0 Å². The van der Waals surface area contributed by atoms with Gasteiger partial charge in [0.15, 0.2) is 0 Å². The highest BCUT2D eigenvalue weighted by Crippen LogP contribution is 2.78. The molecule has 1 nitrogen and oxygen atoms in total. The summed E-state index contributed by atoms with van der Waals surface area (Å²) in [4.78, 5) is 0. The Bertz CT molecular complexity index is 152. The maximum Gasteiger partial charge on any atom is 0.244 e. The average molecular weight is 262 g/mol. The van der Waals surface area contributed by atoms with E-state index in [4.69, 9.17) is 0 Å². The molecular weight excluding hydrogens is 247 g/mol. The lowest BCUT2D eigenvalue weighted by Crippen LogP contribution is -1.80. The minimum absolute atomic E-state index is 0.161. The van der Waals surface area contributed by atoms with Crippen LogP contribution in [0.15, 0.2) is 0 Å². The van der Waals surface area contributed by atoms with Gasteiger partial charge in [-0.3, -0.25) is 4.57 Å². The van der Waals surface area contributed by atoms with Crippen molar-refractivity contribution in [3.05, 3.63) is 0 Å². The molecule has 1 unspecified atom stereocenters. The van der Waals surface area contributed by atoms with Crippen molar-refractivity contribution in [3.8, 4) is 0 Å². The van der Waals surface area contributed by atoms with Gasteiger partial charge in [-0.25, -0.2) is 0 Å². The standard InChI is InChI=1S/C6H15OPS4/c1-4-10-8(7,11-5-2)12-6(3)9/h6,9H,4-5H2,1-3H3. The first-order valence-corrected chi connectivity index (χ1v) is 10.7. The lowest BCUT2D eigenvalue weighted by atomic mass is 11.0. The van der Waals surface area contributed by atoms with E-state index in [1.165, 1.54) is 11.4 Å². The van der Waals surface area contributed by atoms with Gasteiger partial charge in [0.05, 0.1) is 4.58 Å². The lowest BCUT2D eigenvalue weighted by molar-refractivity contribution is 0.601. The van der Waals surface area contributed by atoms with Gasteiger partial charge in [-0.1, -0.05) is 48.0 Å². The Kier molecular flexibility index (Phi) is 7.94. The molecule has 0 aromatic carbocycles. The maximum absolute atomic E-state index is 12.1. The molecule has 0 aromatic heterocycles. The minimum Gasteiger partial charge on any atom is -0.289 e. The molecule has 0 amide bonds. The molecule has 0 aromatic rings. The SMILES string of the molecule is CCSP(=O)(SCC)SC(C)S. The van der Waals surface area contributed by atoms with E-state index in [1.807, 2.05) is 20.8 Å². The highest BCUT2D eigenvalue weighted by Gasteiger charge is 2.24. The van der Waals surface area contributed by atoms with Crippen LogP contribution >= 0.6 is 51.5 Å². The van der Waals surface area contributed by atoms with E-state index in [-0.39, 0.29) is 4.58 Å². The number of hydrogen-bond acceptors (Lipinski definition) is 5. The van der Waals surface area contributed by atoms with Gasteiger partial charge in [-0.2, -0.15) is 12.6 Å². The fraction of sp³-hybridized carbons (Fsp3) is 1.00. The van der Waals surface area contributed by atoms with Crippen LogP contribution in [0.2, 0.25) is 0 Å². The Balaban J connectivity index is 4.08. The van der Waals surface area contributed by atoms with Gasteiger partial charge in [0.25, 0.3) is 0 Å². The van der Waals surface area contributed by atoms with Crippen molar-refractivity contribution in [2.75, 3.05) is 11.5 Å². The van der Waals surface area contributed by atoms with Gasteiger partial charge >= 0.3 is 0 Å². The third-order valence-corrected chi connectivity index (χ3v) is 13.9. The van der Waals surface area contributed by atoms with Crippen molar-refractivity contribution < 1.29 is 4.57 Å². The van der Waals surface area contributed by atoms with Crippen LogP contribution in [0, 0.1) is 0 Å². The quantitative estimate of drug-likeness (QED) is 0.427. The van der Waals surface area contributed by atoms with Gasteiger partial charge in [-0.05, 0) is 18.4 Å². The van der Waals surface area contributed by atoms with Crippen LogP contribution in [0.1, 0.15) is 20.8 Å². The summed E-state index contributed by atoms with van der Waals surface area (Å²) < 4.78 is 10.1. The largest absolute Gasteiger partial charge is 0.289 e. The molecule has 0 bridgehead atoms. The Labute approximate surface area is 92.6 Å². The van der Waals surface area contributed by atoms with Gasteiger partial charge in [-0.15, -0.1) is 0 Å². The first kappa shape index (κ1) is 13.6. The summed E-state index contributed by atoms with van der Waals surface area (Å²) in [5, 5.41) is 0. The molecule has 0 radical (unpaired) electrons. The first-order chi connectivity index (χ1) is 5.54. The van der Waals surface area contributed by atoms with E-state index in [0.717, 1.165) is 11.5 Å². The van der Waals surface area contributed by atoms with E-state index in [1.54, 1.807) is 22.8 Å². The molecule has 74 valence electrons. The molecule has 0 aliphatic rings. The molecule has 0 aliphatic heterocycles. The predicted molar refractivity (Wildman–Crippen MR) is 69.9 cm³/mol. The molecule has 0 aliphatic carbocycles. The van der Waals surface area contributed by atoms with Crippen molar-refractivity contribution in [1.29, 1.82) is 0 Å². The Morgan fingerprint density at radius 2 is 1.75 bits per heavy atom. The molecule has 12 heavy (non-hydrogen) atoms. The second-order valence-electron chi connectivity index (χ2n) is 1.99. The molecule has 6 heteroatoms. The van der Waals surface area contributed by atoms with Crippen LogP contribution in [0.4, 0.5) is 0 Å². The molecular formula is C6H15OPS4. The van der Waals surface area contributed by atoms with Crippen LogP contribution < -0.4 is 0 Å². The Morgan fingerprint density at radius 1 is 1.33 bits per heavy atom. The molecule has 0 N–H and O–H groups in total. The smallest absolute Gasteiger partial charge is 0.244 e. The molecule has 0 saturated heterocycles. The summed E-state index contributed by atoms with van der Waals surface area (Å²) in [6, 6.07) is 0. The zero-order chi connectivity index (χ0) is 9.61. The van der Waals surface area contributed by atoms with Gasteiger partial charge in [0, 0.05) is 0 Å². The van der Waals surface area contributed by atoms with Crippen LogP contribution in [-0.4, -0.2) is 16.1 Å². The van der Waals surface area contributed by atoms with E-state index < -0.39 is 4.75 Å². The molecule has 1 atom stereocenters. The highest BCUT2D eigenvalue weighted by atomic mass is 33.4. The van der Waals surface area contributed by atoms with Gasteiger partial charge in [0.1, 0.15) is 0 Å². The second-order valence-corrected chi connectivity index (χ2v) is 15.5. The van der Waals surface area contributed by atoms with Crippen molar-refractivity contribution in [2.24, 2.45) is 0 Å². The summed E-state index contributed by atoms with van der Waals surface area (Å²) in [6.07, 6.45) is 0. The summed E-state index contributed by atoms with van der Waals surface area (Å²) >= 11 is 8.87. The third-order valence-electron chi connectivity index (χ3n) is 0.856. The van der Waals surface area contributed by atoms with Crippen LogP contribution in [-0.2, 0) is 4.57 Å². The monoisotopic (exact) mass is 262 g/mol. The summed E-state index contributed by atoms with van der Waals surface area (Å²) in [5.41, 5.74) is 0. The molecule has 0 fully saturated rings. The maximum atomic E-state index is 12.1. The van der Waals surface area contributed by atoms with Gasteiger partial charge in [0.2, 0.25) is 4.75 Å². The zero-order valence-corrected chi connectivity index (χ0v) is 11.8.